The van der Waals surface area contributed by atoms with Gasteiger partial charge in [-0.15, -0.1) is 6.58 Å². The van der Waals surface area contributed by atoms with Crippen LogP contribution in [0.3, 0.4) is 0 Å². The van der Waals surface area contributed by atoms with Crippen molar-refractivity contribution in [2.24, 2.45) is 5.41 Å². The van der Waals surface area contributed by atoms with Crippen LogP contribution in [0.4, 0.5) is 0 Å². The summed E-state index contributed by atoms with van der Waals surface area (Å²) in [5.74, 6) is 0. The largest absolute Gasteiger partial charge is 0.472 e. The normalized spacial score (nSPS) is 29.4. The van der Waals surface area contributed by atoms with Crippen molar-refractivity contribution < 1.29 is 32.5 Å². The number of phosphoric ester groups is 1. The Morgan fingerprint density at radius 1 is 1.33 bits per heavy atom. The van der Waals surface area contributed by atoms with E-state index >= 15 is 0 Å². The first-order valence-corrected chi connectivity index (χ1v) is 10.9. The number of phosphoric acid groups is 1. The van der Waals surface area contributed by atoms with E-state index in [1.165, 1.54) is 0 Å². The molecule has 150 valence electrons. The zero-order chi connectivity index (χ0) is 19.2. The first kappa shape index (κ1) is 20.6. The van der Waals surface area contributed by atoms with Gasteiger partial charge >= 0.3 is 7.82 Å². The summed E-state index contributed by atoms with van der Waals surface area (Å²) < 4.78 is 36.2. The number of hydrogen-bond donors (Lipinski definition) is 1. The fourth-order valence-corrected chi connectivity index (χ4v) is 4.79. The van der Waals surface area contributed by atoms with Crippen LogP contribution in [0, 0.1) is 5.41 Å². The highest BCUT2D eigenvalue weighted by Crippen LogP contribution is 2.53. The van der Waals surface area contributed by atoms with E-state index < -0.39 is 7.82 Å². The summed E-state index contributed by atoms with van der Waals surface area (Å²) in [6, 6.07) is 5.70. The lowest BCUT2D eigenvalue weighted by Gasteiger charge is -2.27. The first-order chi connectivity index (χ1) is 13.0. The van der Waals surface area contributed by atoms with E-state index in [2.05, 4.69) is 6.58 Å². The van der Waals surface area contributed by atoms with Crippen molar-refractivity contribution in [2.45, 2.75) is 44.4 Å². The van der Waals surface area contributed by atoms with Crippen LogP contribution in [0.2, 0.25) is 0 Å². The van der Waals surface area contributed by atoms with Crippen LogP contribution >= 0.6 is 7.82 Å². The molecule has 1 aliphatic carbocycles. The lowest BCUT2D eigenvalue weighted by Crippen LogP contribution is -2.34. The summed E-state index contributed by atoms with van der Waals surface area (Å²) >= 11 is 0. The number of hydrogen-bond acceptors (Lipinski definition) is 5. The van der Waals surface area contributed by atoms with Gasteiger partial charge in [-0.25, -0.2) is 9.13 Å². The van der Waals surface area contributed by atoms with Gasteiger partial charge in [-0.1, -0.05) is 18.6 Å². The summed E-state index contributed by atoms with van der Waals surface area (Å²) in [6.45, 7) is 5.39. The quantitative estimate of drug-likeness (QED) is 0.267. The van der Waals surface area contributed by atoms with Gasteiger partial charge < -0.3 is 14.4 Å². The monoisotopic (exact) mass is 398 g/mol. The average molecular weight is 398 g/mol. The molecular formula is C19H29NO6P+. The van der Waals surface area contributed by atoms with Crippen molar-refractivity contribution in [1.29, 1.82) is 0 Å². The highest BCUT2D eigenvalue weighted by molar-refractivity contribution is 7.47. The van der Waals surface area contributed by atoms with Gasteiger partial charge in [0.15, 0.2) is 18.9 Å². The van der Waals surface area contributed by atoms with Crippen LogP contribution in [-0.2, 0) is 29.6 Å². The summed E-state index contributed by atoms with van der Waals surface area (Å²) in [4.78, 5) is 10.0. The summed E-state index contributed by atoms with van der Waals surface area (Å²) in [7, 11) is -4.10. The average Bonchev–Trinajstić information content (AvgIpc) is 3.18. The van der Waals surface area contributed by atoms with Crippen molar-refractivity contribution in [3.05, 3.63) is 43.2 Å². The second kappa shape index (κ2) is 9.41. The smallest absolute Gasteiger partial charge is 0.375 e. The molecule has 2 fully saturated rings. The predicted molar refractivity (Wildman–Crippen MR) is 98.9 cm³/mol. The molecule has 0 bridgehead atoms. The zero-order valence-corrected chi connectivity index (χ0v) is 16.5. The molecule has 1 aliphatic heterocycles. The third-order valence-electron chi connectivity index (χ3n) is 5.25. The van der Waals surface area contributed by atoms with Crippen molar-refractivity contribution >= 4 is 7.82 Å². The summed E-state index contributed by atoms with van der Waals surface area (Å²) in [5.41, 5.74) is -0.224. The van der Waals surface area contributed by atoms with Crippen molar-refractivity contribution in [1.82, 2.24) is 0 Å². The Bertz CT molecular complexity index is 657. The number of pyridine rings is 1. The molecule has 1 N–H and O–H groups in total. The molecule has 1 saturated carbocycles. The molecule has 1 aromatic heterocycles. The van der Waals surface area contributed by atoms with Crippen molar-refractivity contribution in [2.75, 3.05) is 26.4 Å². The predicted octanol–water partition coefficient (Wildman–Crippen LogP) is 2.64. The van der Waals surface area contributed by atoms with Gasteiger partial charge in [-0.05, 0) is 19.3 Å². The van der Waals surface area contributed by atoms with Crippen LogP contribution in [0.15, 0.2) is 43.2 Å². The Morgan fingerprint density at radius 3 is 2.93 bits per heavy atom. The minimum Gasteiger partial charge on any atom is -0.375 e. The molecule has 0 aromatic carbocycles. The Labute approximate surface area is 160 Å². The second-order valence-corrected chi connectivity index (χ2v) is 8.67. The molecule has 1 saturated heterocycles. The number of aromatic nitrogens is 1. The van der Waals surface area contributed by atoms with E-state index in [1.54, 1.807) is 6.08 Å². The van der Waals surface area contributed by atoms with Crippen LogP contribution in [0.1, 0.15) is 25.7 Å². The molecule has 4 atom stereocenters. The molecule has 0 radical (unpaired) electrons. The summed E-state index contributed by atoms with van der Waals surface area (Å²) in [5, 5.41) is 0. The van der Waals surface area contributed by atoms with Gasteiger partial charge in [0, 0.05) is 17.5 Å². The standard InChI is InChI=1S/C19H28NO6P/c1-2-12-23-15-17-14-19(8-6-7-18(19)26-17)16-25-27(21,22)24-13-11-20-9-4-3-5-10-20/h2-5,9-10,17-18H,1,6-8,11-16H2/p+1/t17-,18-,19-/m0/s1. The first-order valence-electron chi connectivity index (χ1n) is 9.43. The maximum Gasteiger partial charge on any atom is 0.472 e. The fraction of sp³-hybridized carbons (Fsp3) is 0.632. The van der Waals surface area contributed by atoms with Crippen LogP contribution < -0.4 is 4.57 Å². The molecule has 0 spiro atoms. The van der Waals surface area contributed by atoms with E-state index in [0.717, 1.165) is 25.7 Å². The van der Waals surface area contributed by atoms with Crippen molar-refractivity contribution in [3.63, 3.8) is 0 Å². The number of nitrogens with zero attached hydrogens (tertiary/aromatic N) is 1. The third kappa shape index (κ3) is 5.70. The molecule has 1 aromatic rings. The maximum atomic E-state index is 12.3. The van der Waals surface area contributed by atoms with Gasteiger partial charge in [-0.2, -0.15) is 0 Å². The molecule has 1 unspecified atom stereocenters. The minimum atomic E-state index is -4.10. The zero-order valence-electron chi connectivity index (χ0n) is 15.6. The molecule has 2 heterocycles. The Hall–Kier alpha value is -1.08. The van der Waals surface area contributed by atoms with E-state index in [9.17, 15) is 9.46 Å². The van der Waals surface area contributed by atoms with E-state index in [1.807, 2.05) is 35.2 Å². The van der Waals surface area contributed by atoms with Crippen LogP contribution in [-0.4, -0.2) is 43.5 Å². The highest BCUT2D eigenvalue weighted by Gasteiger charge is 2.52. The van der Waals surface area contributed by atoms with E-state index in [4.69, 9.17) is 18.5 Å². The number of rotatable bonds is 11. The highest BCUT2D eigenvalue weighted by atomic mass is 31.2. The van der Waals surface area contributed by atoms with Gasteiger partial charge in [0.05, 0.1) is 32.0 Å². The topological polar surface area (TPSA) is 78.1 Å². The van der Waals surface area contributed by atoms with Crippen LogP contribution in [0.25, 0.3) is 0 Å². The molecule has 7 nitrogen and oxygen atoms in total. The van der Waals surface area contributed by atoms with Crippen molar-refractivity contribution in [3.8, 4) is 0 Å². The van der Waals surface area contributed by atoms with Crippen LogP contribution in [0.5, 0.6) is 0 Å². The van der Waals surface area contributed by atoms with Gasteiger partial charge in [0.1, 0.15) is 6.61 Å². The molecule has 0 amide bonds. The second-order valence-electron chi connectivity index (χ2n) is 7.22. The van der Waals surface area contributed by atoms with E-state index in [-0.39, 0.29) is 30.8 Å². The maximum absolute atomic E-state index is 12.3. The molecule has 2 aliphatic rings. The van der Waals surface area contributed by atoms with Gasteiger partial charge in [0.2, 0.25) is 0 Å². The molecule has 8 heteroatoms. The summed E-state index contributed by atoms with van der Waals surface area (Å²) in [6.07, 6.45) is 9.18. The number of ether oxygens (including phenoxy) is 2. The number of fused-ring (bicyclic) bond motifs is 1. The third-order valence-corrected chi connectivity index (χ3v) is 6.21. The SMILES string of the molecule is C=CCOC[C@@H]1C[C@]2(COP(=O)(O)OCC[n+]3ccccc3)CCC[C@@H]2O1. The molecule has 27 heavy (non-hydrogen) atoms. The Balaban J connectivity index is 1.46. The minimum absolute atomic E-state index is 0.00710. The van der Waals surface area contributed by atoms with E-state index in [0.29, 0.717) is 19.8 Å². The Kier molecular flexibility index (Phi) is 7.20. The Morgan fingerprint density at radius 2 is 2.15 bits per heavy atom. The lowest BCUT2D eigenvalue weighted by molar-refractivity contribution is -0.697. The molecule has 3 rings (SSSR count). The van der Waals surface area contributed by atoms with Gasteiger partial charge in [-0.3, -0.25) is 9.05 Å². The molecular weight excluding hydrogens is 369 g/mol. The fourth-order valence-electron chi connectivity index (χ4n) is 3.98. The lowest BCUT2D eigenvalue weighted by atomic mass is 9.82. The van der Waals surface area contributed by atoms with Gasteiger partial charge in [0.25, 0.3) is 0 Å².